The van der Waals surface area contributed by atoms with Crippen molar-refractivity contribution in [1.82, 2.24) is 20.3 Å². The zero-order valence-electron chi connectivity index (χ0n) is 20.8. The molecule has 1 amide bonds. The highest BCUT2D eigenvalue weighted by Crippen LogP contribution is 2.44. The number of amides is 1. The molecule has 0 spiro atoms. The lowest BCUT2D eigenvalue weighted by Gasteiger charge is -2.27. The number of aliphatic hydroxyl groups is 1. The third-order valence-corrected chi connectivity index (χ3v) is 8.01. The third-order valence-electron chi connectivity index (χ3n) is 6.33. The third kappa shape index (κ3) is 5.62. The molecule has 4 N–H and O–H groups in total. The van der Waals surface area contributed by atoms with Crippen LogP contribution in [0.4, 0.5) is 4.39 Å². The molecule has 1 saturated carbocycles. The molecule has 37 heavy (non-hydrogen) atoms. The lowest BCUT2D eigenvalue weighted by atomic mass is 9.90. The van der Waals surface area contributed by atoms with Crippen molar-refractivity contribution in [2.24, 2.45) is 5.73 Å². The average Bonchev–Trinajstić information content (AvgIpc) is 3.37. The first kappa shape index (κ1) is 25.6. The molecule has 1 aliphatic rings. The highest BCUT2D eigenvalue weighted by atomic mass is 32.1. The van der Waals surface area contributed by atoms with Gasteiger partial charge in [0.05, 0.1) is 29.1 Å². The number of pyridine rings is 1. The molecule has 1 unspecified atom stereocenters. The molecule has 192 valence electrons. The van der Waals surface area contributed by atoms with Gasteiger partial charge in [0.25, 0.3) is 5.91 Å². The number of nitrogens with two attached hydrogens (primary N) is 1. The van der Waals surface area contributed by atoms with Crippen molar-refractivity contribution in [1.29, 1.82) is 0 Å². The fraction of sp³-hybridized carbons (Fsp3) is 0.333. The van der Waals surface area contributed by atoms with Gasteiger partial charge in [-0.3, -0.25) is 4.79 Å². The van der Waals surface area contributed by atoms with Gasteiger partial charge in [-0.15, -0.1) is 22.7 Å². The number of benzene rings is 1. The molecule has 0 bridgehead atoms. The summed E-state index contributed by atoms with van der Waals surface area (Å²) < 4.78 is 13.5. The van der Waals surface area contributed by atoms with Crippen molar-refractivity contribution >= 4 is 28.6 Å². The van der Waals surface area contributed by atoms with E-state index in [-0.39, 0.29) is 24.2 Å². The molecule has 4 aromatic rings. The molecule has 5 rings (SSSR count). The van der Waals surface area contributed by atoms with Crippen LogP contribution in [0.3, 0.4) is 0 Å². The summed E-state index contributed by atoms with van der Waals surface area (Å²) >= 11 is 2.81. The van der Waals surface area contributed by atoms with Crippen LogP contribution in [-0.4, -0.2) is 32.5 Å². The predicted molar refractivity (Wildman–Crippen MR) is 144 cm³/mol. The Bertz CT molecular complexity index is 1420. The van der Waals surface area contributed by atoms with Crippen molar-refractivity contribution in [3.05, 3.63) is 74.9 Å². The normalized spacial score (nSPS) is 15.4. The predicted octanol–water partition coefficient (Wildman–Crippen LogP) is 5.18. The molecule has 1 atom stereocenters. The molecule has 0 aliphatic heterocycles. The second-order valence-corrected chi connectivity index (χ2v) is 11.9. The Hall–Kier alpha value is -3.05. The van der Waals surface area contributed by atoms with Crippen LogP contribution in [0, 0.1) is 5.82 Å². The van der Waals surface area contributed by atoms with E-state index in [1.807, 2.05) is 25.3 Å². The second-order valence-electron chi connectivity index (χ2n) is 10.2. The van der Waals surface area contributed by atoms with Gasteiger partial charge >= 0.3 is 0 Å². The van der Waals surface area contributed by atoms with Crippen LogP contribution in [0.15, 0.2) is 47.3 Å². The Kier molecular flexibility index (Phi) is 6.70. The van der Waals surface area contributed by atoms with Crippen molar-refractivity contribution in [2.75, 3.05) is 6.54 Å². The van der Waals surface area contributed by atoms with Gasteiger partial charge in [-0.05, 0) is 75.6 Å². The number of halogens is 1. The van der Waals surface area contributed by atoms with E-state index in [2.05, 4.69) is 15.3 Å². The molecule has 10 heteroatoms. The number of nitrogens with one attached hydrogen (secondary N) is 1. The van der Waals surface area contributed by atoms with Crippen LogP contribution in [0.1, 0.15) is 66.2 Å². The van der Waals surface area contributed by atoms with Crippen LogP contribution >= 0.6 is 22.7 Å². The topological polar surface area (TPSA) is 114 Å². The maximum absolute atomic E-state index is 13.5. The Labute approximate surface area is 222 Å². The maximum Gasteiger partial charge on any atom is 0.263 e. The SMILES string of the molecule is CC(C)(N)c1cc(-c2ccc(F)cc2)nc(C(C)(O)CNC(=O)c2sc(-c3cscn3)nc2C2CC2)c1. The quantitative estimate of drug-likeness (QED) is 0.286. The van der Waals surface area contributed by atoms with E-state index in [1.165, 1.54) is 34.8 Å². The monoisotopic (exact) mass is 537 g/mol. The number of nitrogens with zero attached hydrogens (tertiary/aromatic N) is 3. The number of aromatic nitrogens is 3. The van der Waals surface area contributed by atoms with E-state index >= 15 is 0 Å². The van der Waals surface area contributed by atoms with Crippen LogP contribution in [0.2, 0.25) is 0 Å². The number of hydrogen-bond donors (Lipinski definition) is 3. The Morgan fingerprint density at radius 1 is 1.16 bits per heavy atom. The minimum atomic E-state index is -1.49. The number of carbonyl (C=O) groups is 1. The zero-order chi connectivity index (χ0) is 26.4. The van der Waals surface area contributed by atoms with E-state index in [1.54, 1.807) is 30.6 Å². The van der Waals surface area contributed by atoms with E-state index < -0.39 is 11.1 Å². The van der Waals surface area contributed by atoms with Crippen LogP contribution in [0.5, 0.6) is 0 Å². The van der Waals surface area contributed by atoms with E-state index in [4.69, 9.17) is 10.7 Å². The fourth-order valence-corrected chi connectivity index (χ4v) is 5.57. The summed E-state index contributed by atoms with van der Waals surface area (Å²) in [6, 6.07) is 9.58. The molecule has 3 heterocycles. The van der Waals surface area contributed by atoms with Crippen LogP contribution in [0.25, 0.3) is 22.0 Å². The van der Waals surface area contributed by atoms with Crippen molar-refractivity contribution < 1.29 is 14.3 Å². The zero-order valence-corrected chi connectivity index (χ0v) is 22.4. The molecule has 7 nitrogen and oxygen atoms in total. The van der Waals surface area contributed by atoms with Crippen molar-refractivity contribution in [3.8, 4) is 22.0 Å². The molecule has 0 saturated heterocycles. The Balaban J connectivity index is 1.41. The first-order chi connectivity index (χ1) is 17.5. The Morgan fingerprint density at radius 3 is 2.51 bits per heavy atom. The minimum Gasteiger partial charge on any atom is -0.382 e. The Morgan fingerprint density at radius 2 is 1.89 bits per heavy atom. The summed E-state index contributed by atoms with van der Waals surface area (Å²) in [5, 5.41) is 17.0. The van der Waals surface area contributed by atoms with Gasteiger partial charge in [0.1, 0.15) is 27.0 Å². The van der Waals surface area contributed by atoms with Crippen molar-refractivity contribution in [3.63, 3.8) is 0 Å². The summed E-state index contributed by atoms with van der Waals surface area (Å²) in [7, 11) is 0. The highest BCUT2D eigenvalue weighted by Gasteiger charge is 2.34. The lowest BCUT2D eigenvalue weighted by molar-refractivity contribution is 0.0489. The van der Waals surface area contributed by atoms with Gasteiger partial charge in [0.2, 0.25) is 0 Å². The number of thiazole rings is 2. The van der Waals surface area contributed by atoms with Gasteiger partial charge in [-0.2, -0.15) is 0 Å². The molecule has 1 fully saturated rings. The van der Waals surface area contributed by atoms with Gasteiger partial charge in [-0.1, -0.05) is 0 Å². The highest BCUT2D eigenvalue weighted by molar-refractivity contribution is 7.17. The fourth-order valence-electron chi connectivity index (χ4n) is 3.93. The number of hydrogen-bond acceptors (Lipinski definition) is 8. The van der Waals surface area contributed by atoms with Gasteiger partial charge in [0, 0.05) is 22.4 Å². The van der Waals surface area contributed by atoms with Crippen molar-refractivity contribution in [2.45, 2.75) is 50.7 Å². The average molecular weight is 538 g/mol. The summed E-state index contributed by atoms with van der Waals surface area (Å²) in [5.41, 5.74) is 9.87. The summed E-state index contributed by atoms with van der Waals surface area (Å²) in [6.07, 6.45) is 2.02. The minimum absolute atomic E-state index is 0.0653. The van der Waals surface area contributed by atoms with Crippen LogP contribution in [-0.2, 0) is 11.1 Å². The standard InChI is InChI=1S/C27H28FN5O2S2/c1-26(2,29)17-10-19(15-6-8-18(28)9-7-15)32-21(11-17)27(3,35)13-30-24(34)23-22(16-4-5-16)33-25(37-23)20-12-36-14-31-20/h6-12,14,16,35H,4-5,13,29H2,1-3H3,(H,30,34). The molecule has 1 aliphatic carbocycles. The number of carbonyl (C=O) groups excluding carboxylic acids is 1. The van der Waals surface area contributed by atoms with E-state index in [9.17, 15) is 14.3 Å². The van der Waals surface area contributed by atoms with Gasteiger partial charge < -0.3 is 16.2 Å². The summed E-state index contributed by atoms with van der Waals surface area (Å²) in [4.78, 5) is 27.5. The van der Waals surface area contributed by atoms with Gasteiger partial charge in [-0.25, -0.2) is 19.3 Å². The maximum atomic E-state index is 13.5. The molecular weight excluding hydrogens is 509 g/mol. The molecular formula is C27H28FN5O2S2. The summed E-state index contributed by atoms with van der Waals surface area (Å²) in [6.45, 7) is 5.26. The second kappa shape index (κ2) is 9.68. The van der Waals surface area contributed by atoms with Crippen LogP contribution < -0.4 is 11.1 Å². The number of rotatable bonds is 8. The van der Waals surface area contributed by atoms with E-state index in [0.29, 0.717) is 21.8 Å². The summed E-state index contributed by atoms with van der Waals surface area (Å²) in [5.74, 6) is -0.343. The largest absolute Gasteiger partial charge is 0.382 e. The van der Waals surface area contributed by atoms with Gasteiger partial charge in [0.15, 0.2) is 0 Å². The smallest absolute Gasteiger partial charge is 0.263 e. The first-order valence-electron chi connectivity index (χ1n) is 12.0. The van der Waals surface area contributed by atoms with E-state index in [0.717, 1.165) is 34.8 Å². The molecule has 3 aromatic heterocycles. The first-order valence-corrected chi connectivity index (χ1v) is 13.7. The molecule has 0 radical (unpaired) electrons. The lowest BCUT2D eigenvalue weighted by Crippen LogP contribution is -2.40. The molecule has 1 aromatic carbocycles.